The predicted octanol–water partition coefficient (Wildman–Crippen LogP) is 4.71. The average molecular weight is 297 g/mol. The van der Waals surface area contributed by atoms with Crippen LogP contribution < -0.4 is 5.32 Å². The molecule has 21 heavy (non-hydrogen) atoms. The SMILES string of the molecule is O=C1Nc2c(cccc2C(F)(F)F)C1CCC1CCCC1. The number of nitrogens with one attached hydrogen (secondary N) is 1. The minimum atomic E-state index is -4.43. The minimum Gasteiger partial charge on any atom is -0.325 e. The maximum absolute atomic E-state index is 13.0. The van der Waals surface area contributed by atoms with Crippen LogP contribution in [0.25, 0.3) is 0 Å². The highest BCUT2D eigenvalue weighted by atomic mass is 19.4. The number of carbonyl (C=O) groups excluding carboxylic acids is 1. The normalized spacial score (nSPS) is 22.4. The molecule has 1 aliphatic heterocycles. The van der Waals surface area contributed by atoms with Crippen molar-refractivity contribution in [3.63, 3.8) is 0 Å². The molecule has 3 rings (SSSR count). The zero-order chi connectivity index (χ0) is 15.0. The van der Waals surface area contributed by atoms with Crippen molar-refractivity contribution in [2.45, 2.75) is 50.6 Å². The summed E-state index contributed by atoms with van der Waals surface area (Å²) in [5.41, 5.74) is -0.268. The van der Waals surface area contributed by atoms with E-state index in [0.29, 0.717) is 17.9 Å². The Hall–Kier alpha value is -1.52. The number of alkyl halides is 3. The summed E-state index contributed by atoms with van der Waals surface area (Å²) in [6.07, 6.45) is 1.97. The molecule has 1 aromatic rings. The maximum Gasteiger partial charge on any atom is 0.418 e. The highest BCUT2D eigenvalue weighted by molar-refractivity contribution is 6.03. The van der Waals surface area contributed by atoms with Gasteiger partial charge in [-0.05, 0) is 30.4 Å². The van der Waals surface area contributed by atoms with Crippen LogP contribution in [0.1, 0.15) is 55.6 Å². The summed E-state index contributed by atoms with van der Waals surface area (Å²) >= 11 is 0. The van der Waals surface area contributed by atoms with E-state index in [2.05, 4.69) is 5.32 Å². The van der Waals surface area contributed by atoms with Crippen LogP contribution in [0.5, 0.6) is 0 Å². The summed E-state index contributed by atoms with van der Waals surface area (Å²) in [5, 5.41) is 2.44. The Morgan fingerprint density at radius 2 is 1.86 bits per heavy atom. The Kier molecular flexibility index (Phi) is 3.68. The molecule has 1 aromatic carbocycles. The van der Waals surface area contributed by atoms with Crippen molar-refractivity contribution in [1.82, 2.24) is 0 Å². The molecule has 114 valence electrons. The van der Waals surface area contributed by atoms with Crippen LogP contribution in [0, 0.1) is 5.92 Å². The van der Waals surface area contributed by atoms with Crippen LogP contribution in [-0.4, -0.2) is 5.91 Å². The second-order valence-corrected chi connectivity index (χ2v) is 6.04. The molecule has 0 radical (unpaired) electrons. The number of hydrogen-bond donors (Lipinski definition) is 1. The van der Waals surface area contributed by atoms with E-state index < -0.39 is 17.7 Å². The monoisotopic (exact) mass is 297 g/mol. The van der Waals surface area contributed by atoms with Gasteiger partial charge in [-0.2, -0.15) is 13.2 Å². The third-order valence-corrected chi connectivity index (χ3v) is 4.68. The second kappa shape index (κ2) is 5.35. The number of hydrogen-bond acceptors (Lipinski definition) is 1. The van der Waals surface area contributed by atoms with Crippen LogP contribution >= 0.6 is 0 Å². The first-order valence-corrected chi connectivity index (χ1v) is 7.48. The minimum absolute atomic E-state index is 0.0357. The van der Waals surface area contributed by atoms with Gasteiger partial charge in [0.15, 0.2) is 0 Å². The van der Waals surface area contributed by atoms with Crippen LogP contribution in [0.2, 0.25) is 0 Å². The number of halogens is 3. The van der Waals surface area contributed by atoms with Crippen molar-refractivity contribution in [2.75, 3.05) is 5.32 Å². The Morgan fingerprint density at radius 3 is 2.52 bits per heavy atom. The van der Waals surface area contributed by atoms with Crippen molar-refractivity contribution in [1.29, 1.82) is 0 Å². The molecule has 0 aromatic heterocycles. The lowest BCUT2D eigenvalue weighted by molar-refractivity contribution is -0.136. The van der Waals surface area contributed by atoms with Gasteiger partial charge in [0.05, 0.1) is 17.2 Å². The molecule has 1 saturated carbocycles. The molecule has 2 nitrogen and oxygen atoms in total. The summed E-state index contributed by atoms with van der Waals surface area (Å²) in [6, 6.07) is 4.06. The van der Waals surface area contributed by atoms with Crippen LogP contribution in [-0.2, 0) is 11.0 Å². The van der Waals surface area contributed by atoms with Gasteiger partial charge in [-0.3, -0.25) is 4.79 Å². The first-order valence-electron chi connectivity index (χ1n) is 7.48. The number of amides is 1. The van der Waals surface area contributed by atoms with Crippen molar-refractivity contribution in [2.24, 2.45) is 5.92 Å². The van der Waals surface area contributed by atoms with Gasteiger partial charge < -0.3 is 5.32 Å². The molecule has 1 fully saturated rings. The van der Waals surface area contributed by atoms with E-state index in [-0.39, 0.29) is 11.6 Å². The van der Waals surface area contributed by atoms with Gasteiger partial charge in [-0.15, -0.1) is 0 Å². The van der Waals surface area contributed by atoms with Crippen LogP contribution in [0.15, 0.2) is 18.2 Å². The van der Waals surface area contributed by atoms with E-state index in [1.54, 1.807) is 6.07 Å². The fourth-order valence-corrected chi connectivity index (χ4v) is 3.58. The lowest BCUT2D eigenvalue weighted by atomic mass is 9.90. The third-order valence-electron chi connectivity index (χ3n) is 4.68. The standard InChI is InChI=1S/C16H18F3NO/c17-16(18,19)13-7-3-6-11-12(15(21)20-14(11)13)9-8-10-4-1-2-5-10/h3,6-7,10,12H,1-2,4-5,8-9H2,(H,20,21). The molecule has 0 saturated heterocycles. The van der Waals surface area contributed by atoms with Crippen molar-refractivity contribution in [3.8, 4) is 0 Å². The molecule has 1 N–H and O–H groups in total. The molecule has 1 amide bonds. The Labute approximate surface area is 121 Å². The van der Waals surface area contributed by atoms with Gasteiger partial charge in [0.25, 0.3) is 0 Å². The molecular formula is C16H18F3NO. The van der Waals surface area contributed by atoms with Gasteiger partial charge in [0.2, 0.25) is 5.91 Å². The average Bonchev–Trinajstić information content (AvgIpc) is 3.01. The molecule has 1 aliphatic carbocycles. The topological polar surface area (TPSA) is 29.1 Å². The molecule has 5 heteroatoms. The predicted molar refractivity (Wildman–Crippen MR) is 74.0 cm³/mol. The van der Waals surface area contributed by atoms with Crippen LogP contribution in [0.4, 0.5) is 18.9 Å². The van der Waals surface area contributed by atoms with E-state index in [4.69, 9.17) is 0 Å². The number of fused-ring (bicyclic) bond motifs is 1. The fraction of sp³-hybridized carbons (Fsp3) is 0.562. The molecule has 1 unspecified atom stereocenters. The number of anilines is 1. The highest BCUT2D eigenvalue weighted by Gasteiger charge is 2.40. The van der Waals surface area contributed by atoms with Crippen LogP contribution in [0.3, 0.4) is 0 Å². The molecule has 0 spiro atoms. The first-order chi connectivity index (χ1) is 9.97. The van der Waals surface area contributed by atoms with E-state index in [0.717, 1.165) is 12.5 Å². The van der Waals surface area contributed by atoms with E-state index >= 15 is 0 Å². The lowest BCUT2D eigenvalue weighted by Crippen LogP contribution is -2.14. The molecule has 0 bridgehead atoms. The summed E-state index contributed by atoms with van der Waals surface area (Å²) in [7, 11) is 0. The Balaban J connectivity index is 1.81. The third kappa shape index (κ3) is 2.78. The van der Waals surface area contributed by atoms with Gasteiger partial charge in [-0.1, -0.05) is 37.8 Å². The Morgan fingerprint density at radius 1 is 1.14 bits per heavy atom. The maximum atomic E-state index is 13.0. The molecule has 1 atom stereocenters. The quantitative estimate of drug-likeness (QED) is 0.860. The highest BCUT2D eigenvalue weighted by Crippen LogP contribution is 2.44. The fourth-order valence-electron chi connectivity index (χ4n) is 3.58. The van der Waals surface area contributed by atoms with E-state index in [9.17, 15) is 18.0 Å². The Bertz CT molecular complexity index is 547. The number of carbonyl (C=O) groups is 1. The zero-order valence-corrected chi connectivity index (χ0v) is 11.7. The molecular weight excluding hydrogens is 279 g/mol. The van der Waals surface area contributed by atoms with E-state index in [1.807, 2.05) is 0 Å². The first kappa shape index (κ1) is 14.4. The largest absolute Gasteiger partial charge is 0.418 e. The number of rotatable bonds is 3. The van der Waals surface area contributed by atoms with Crippen molar-refractivity contribution >= 4 is 11.6 Å². The van der Waals surface area contributed by atoms with Gasteiger partial charge >= 0.3 is 6.18 Å². The van der Waals surface area contributed by atoms with Gasteiger partial charge in [-0.25, -0.2) is 0 Å². The summed E-state index contributed by atoms with van der Waals surface area (Å²) in [4.78, 5) is 12.0. The molecule has 1 heterocycles. The van der Waals surface area contributed by atoms with Gasteiger partial charge in [0, 0.05) is 0 Å². The molecule has 2 aliphatic rings. The summed E-state index contributed by atoms with van der Waals surface area (Å²) in [6.45, 7) is 0. The number of para-hydroxylation sites is 1. The number of benzene rings is 1. The zero-order valence-electron chi connectivity index (χ0n) is 11.7. The van der Waals surface area contributed by atoms with Crippen molar-refractivity contribution < 1.29 is 18.0 Å². The summed E-state index contributed by atoms with van der Waals surface area (Å²) < 4.78 is 38.9. The van der Waals surface area contributed by atoms with Crippen molar-refractivity contribution in [3.05, 3.63) is 29.3 Å². The van der Waals surface area contributed by atoms with E-state index in [1.165, 1.54) is 31.7 Å². The lowest BCUT2D eigenvalue weighted by Gasteiger charge is -2.14. The summed E-state index contributed by atoms with van der Waals surface area (Å²) in [5.74, 6) is -0.0877. The van der Waals surface area contributed by atoms with Gasteiger partial charge in [0.1, 0.15) is 0 Å². The smallest absolute Gasteiger partial charge is 0.325 e. The second-order valence-electron chi connectivity index (χ2n) is 6.04.